The molecule has 4 rings (SSSR count). The Morgan fingerprint density at radius 2 is 1.79 bits per heavy atom. The first-order valence-corrected chi connectivity index (χ1v) is 12.2. The van der Waals surface area contributed by atoms with Crippen molar-refractivity contribution >= 4 is 50.9 Å². The number of carbonyl (C=O) groups is 2. The highest BCUT2D eigenvalue weighted by Crippen LogP contribution is 2.34. The first-order chi connectivity index (χ1) is 16.5. The lowest BCUT2D eigenvalue weighted by atomic mass is 10.2. The van der Waals surface area contributed by atoms with Gasteiger partial charge in [0, 0.05) is 23.9 Å². The number of nitrogens with one attached hydrogen (secondary N) is 1. The number of ether oxygens (including phenoxy) is 3. The fourth-order valence-corrected chi connectivity index (χ4v) is 5.22. The number of thioether (sulfide) groups is 1. The molecule has 0 saturated carbocycles. The van der Waals surface area contributed by atoms with E-state index in [9.17, 15) is 9.59 Å². The molecular formula is C25H22N2O5S2. The Labute approximate surface area is 205 Å². The maximum Gasteiger partial charge on any atom is 0.308 e. The summed E-state index contributed by atoms with van der Waals surface area (Å²) in [5.41, 5.74) is 2.68. The van der Waals surface area contributed by atoms with E-state index in [-0.39, 0.29) is 12.5 Å². The number of nitrogens with zero attached hydrogens (tertiary/aromatic N) is 1. The predicted octanol–water partition coefficient (Wildman–Crippen LogP) is 5.54. The Morgan fingerprint density at radius 3 is 2.56 bits per heavy atom. The first kappa shape index (κ1) is 23.6. The summed E-state index contributed by atoms with van der Waals surface area (Å²) in [5.74, 6) is 1.87. The summed E-state index contributed by atoms with van der Waals surface area (Å²) >= 11 is 3.23. The molecule has 0 saturated heterocycles. The summed E-state index contributed by atoms with van der Waals surface area (Å²) in [7, 11) is 1.67. The summed E-state index contributed by atoms with van der Waals surface area (Å²) in [6.45, 7) is 1.19. The van der Waals surface area contributed by atoms with Crippen molar-refractivity contribution in [3.63, 3.8) is 0 Å². The van der Waals surface area contributed by atoms with Crippen LogP contribution >= 0.6 is 23.1 Å². The summed E-state index contributed by atoms with van der Waals surface area (Å²) in [5, 5.41) is 2.85. The Morgan fingerprint density at radius 1 is 1.03 bits per heavy atom. The molecule has 7 nitrogen and oxygen atoms in total. The van der Waals surface area contributed by atoms with Gasteiger partial charge in [0.2, 0.25) is 0 Å². The number of thiazole rings is 1. The average molecular weight is 495 g/mol. The number of anilines is 1. The third-order valence-electron chi connectivity index (χ3n) is 4.65. The third-order valence-corrected chi connectivity index (χ3v) is 6.86. The molecule has 0 aliphatic carbocycles. The van der Waals surface area contributed by atoms with E-state index in [1.165, 1.54) is 6.92 Å². The van der Waals surface area contributed by atoms with E-state index >= 15 is 0 Å². The number of methoxy groups -OCH3 is 1. The van der Waals surface area contributed by atoms with Crippen LogP contribution in [-0.4, -0.2) is 30.6 Å². The van der Waals surface area contributed by atoms with Gasteiger partial charge in [-0.3, -0.25) is 9.59 Å². The highest BCUT2D eigenvalue weighted by atomic mass is 32.2. The quantitative estimate of drug-likeness (QED) is 0.186. The minimum absolute atomic E-state index is 0.145. The number of para-hydroxylation sites is 1. The Kier molecular flexibility index (Phi) is 7.66. The van der Waals surface area contributed by atoms with E-state index < -0.39 is 5.97 Å². The van der Waals surface area contributed by atoms with Crippen molar-refractivity contribution in [3.8, 4) is 17.2 Å². The monoisotopic (exact) mass is 494 g/mol. The first-order valence-electron chi connectivity index (χ1n) is 10.4. The molecule has 1 heterocycles. The maximum atomic E-state index is 12.3. The van der Waals surface area contributed by atoms with E-state index in [4.69, 9.17) is 14.2 Å². The largest absolute Gasteiger partial charge is 0.496 e. The van der Waals surface area contributed by atoms with Crippen LogP contribution in [0.1, 0.15) is 12.5 Å². The molecule has 1 amide bonds. The van der Waals surface area contributed by atoms with E-state index in [1.54, 1.807) is 54.5 Å². The van der Waals surface area contributed by atoms with Gasteiger partial charge in [-0.15, -0.1) is 11.3 Å². The second-order valence-corrected chi connectivity index (χ2v) is 9.42. The summed E-state index contributed by atoms with van der Waals surface area (Å²) in [4.78, 5) is 28.0. The Balaban J connectivity index is 1.32. The Bertz CT molecular complexity index is 1300. The van der Waals surface area contributed by atoms with Gasteiger partial charge < -0.3 is 19.5 Å². The molecule has 174 valence electrons. The minimum Gasteiger partial charge on any atom is -0.496 e. The number of esters is 1. The second-order valence-electron chi connectivity index (χ2n) is 7.16. The molecule has 0 aliphatic heterocycles. The van der Waals surface area contributed by atoms with Crippen LogP contribution in [0.4, 0.5) is 5.69 Å². The molecule has 4 aromatic rings. The van der Waals surface area contributed by atoms with Gasteiger partial charge in [0.05, 0.1) is 17.3 Å². The number of amides is 1. The molecule has 1 aromatic heterocycles. The zero-order valence-electron chi connectivity index (χ0n) is 18.6. The van der Waals surface area contributed by atoms with Gasteiger partial charge in [-0.05, 0) is 48.5 Å². The van der Waals surface area contributed by atoms with Gasteiger partial charge in [0.15, 0.2) is 10.9 Å². The van der Waals surface area contributed by atoms with Gasteiger partial charge >= 0.3 is 5.97 Å². The summed E-state index contributed by atoms with van der Waals surface area (Å²) < 4.78 is 17.8. The number of hydrogen-bond acceptors (Lipinski definition) is 8. The fourth-order valence-electron chi connectivity index (χ4n) is 3.12. The molecular weight excluding hydrogens is 472 g/mol. The minimum atomic E-state index is -0.395. The Hall–Kier alpha value is -3.56. The van der Waals surface area contributed by atoms with Crippen LogP contribution in [0.5, 0.6) is 17.2 Å². The van der Waals surface area contributed by atoms with Crippen molar-refractivity contribution < 1.29 is 23.8 Å². The predicted molar refractivity (Wildman–Crippen MR) is 134 cm³/mol. The number of hydrogen-bond donors (Lipinski definition) is 1. The standard InChI is InChI=1S/C25H22N2O5S2/c1-16(28)32-20-10-8-19(9-11-20)31-14-24(29)26-18-7-12-21-23(13-18)34-25(27-21)33-15-17-5-3-4-6-22(17)30-2/h3-13H,14-15H2,1-2H3,(H,26,29). The average Bonchev–Trinajstić information content (AvgIpc) is 3.24. The molecule has 0 bridgehead atoms. The highest BCUT2D eigenvalue weighted by Gasteiger charge is 2.10. The maximum absolute atomic E-state index is 12.3. The lowest BCUT2D eigenvalue weighted by Gasteiger charge is -2.08. The van der Waals surface area contributed by atoms with Gasteiger partial charge in [0.1, 0.15) is 17.2 Å². The third kappa shape index (κ3) is 6.27. The number of carbonyl (C=O) groups excluding carboxylic acids is 2. The molecule has 3 aromatic carbocycles. The van der Waals surface area contributed by atoms with Crippen molar-refractivity contribution in [2.75, 3.05) is 19.0 Å². The van der Waals surface area contributed by atoms with E-state index in [1.807, 2.05) is 42.5 Å². The van der Waals surface area contributed by atoms with Crippen molar-refractivity contribution in [1.82, 2.24) is 4.98 Å². The van der Waals surface area contributed by atoms with Crippen LogP contribution in [0.2, 0.25) is 0 Å². The van der Waals surface area contributed by atoms with Crippen LogP contribution in [-0.2, 0) is 15.3 Å². The van der Waals surface area contributed by atoms with Crippen molar-refractivity contribution in [2.45, 2.75) is 17.0 Å². The summed E-state index contributed by atoms with van der Waals surface area (Å²) in [6.07, 6.45) is 0. The van der Waals surface area contributed by atoms with Crippen LogP contribution in [0, 0.1) is 0 Å². The molecule has 0 fully saturated rings. The zero-order chi connectivity index (χ0) is 23.9. The molecule has 0 unspecified atom stereocenters. The SMILES string of the molecule is COc1ccccc1CSc1nc2ccc(NC(=O)COc3ccc(OC(C)=O)cc3)cc2s1. The van der Waals surface area contributed by atoms with Crippen molar-refractivity contribution in [1.29, 1.82) is 0 Å². The molecule has 0 aliphatic rings. The number of rotatable bonds is 9. The lowest BCUT2D eigenvalue weighted by molar-refractivity contribution is -0.131. The van der Waals surface area contributed by atoms with Crippen molar-refractivity contribution in [2.24, 2.45) is 0 Å². The van der Waals surface area contributed by atoms with Crippen LogP contribution < -0.4 is 19.5 Å². The molecule has 0 spiro atoms. The number of aromatic nitrogens is 1. The topological polar surface area (TPSA) is 86.8 Å². The molecule has 9 heteroatoms. The molecule has 0 atom stereocenters. The second kappa shape index (κ2) is 11.0. The van der Waals surface area contributed by atoms with Gasteiger partial charge in [-0.2, -0.15) is 0 Å². The summed E-state index contributed by atoms with van der Waals surface area (Å²) in [6, 6.07) is 20.1. The smallest absolute Gasteiger partial charge is 0.308 e. The molecule has 34 heavy (non-hydrogen) atoms. The van der Waals surface area contributed by atoms with Crippen LogP contribution in [0.15, 0.2) is 71.1 Å². The lowest BCUT2D eigenvalue weighted by Crippen LogP contribution is -2.20. The van der Waals surface area contributed by atoms with Crippen LogP contribution in [0.3, 0.4) is 0 Å². The van der Waals surface area contributed by atoms with E-state index in [0.29, 0.717) is 17.2 Å². The van der Waals surface area contributed by atoms with Crippen LogP contribution in [0.25, 0.3) is 10.2 Å². The number of fused-ring (bicyclic) bond motifs is 1. The number of benzene rings is 3. The van der Waals surface area contributed by atoms with E-state index in [0.717, 1.165) is 31.6 Å². The van der Waals surface area contributed by atoms with Gasteiger partial charge in [0.25, 0.3) is 5.91 Å². The van der Waals surface area contributed by atoms with E-state index in [2.05, 4.69) is 10.3 Å². The highest BCUT2D eigenvalue weighted by molar-refractivity contribution is 8.00. The van der Waals surface area contributed by atoms with Crippen molar-refractivity contribution in [3.05, 3.63) is 72.3 Å². The normalized spacial score (nSPS) is 10.6. The molecule has 1 N–H and O–H groups in total. The van der Waals surface area contributed by atoms with Gasteiger partial charge in [-0.1, -0.05) is 30.0 Å². The molecule has 0 radical (unpaired) electrons. The fraction of sp³-hybridized carbons (Fsp3) is 0.160. The van der Waals surface area contributed by atoms with Gasteiger partial charge in [-0.25, -0.2) is 4.98 Å². The zero-order valence-corrected chi connectivity index (χ0v) is 20.2.